The van der Waals surface area contributed by atoms with Gasteiger partial charge in [-0.2, -0.15) is 0 Å². The third-order valence-electron chi connectivity index (χ3n) is 5.61. The van der Waals surface area contributed by atoms with Gasteiger partial charge in [0, 0.05) is 37.6 Å². The zero-order valence-corrected chi connectivity index (χ0v) is 19.3. The normalized spacial score (nSPS) is 14.9. The van der Waals surface area contributed by atoms with E-state index in [-0.39, 0.29) is 5.91 Å². The molecule has 0 aliphatic carbocycles. The van der Waals surface area contributed by atoms with E-state index in [4.69, 9.17) is 9.47 Å². The fraction of sp³-hybridized carbons (Fsp3) is 0.522. The molecule has 1 saturated heterocycles. The van der Waals surface area contributed by atoms with Crippen LogP contribution in [0.3, 0.4) is 0 Å². The first-order chi connectivity index (χ1) is 14.5. The van der Waals surface area contributed by atoms with Crippen LogP contribution in [0.15, 0.2) is 30.3 Å². The van der Waals surface area contributed by atoms with Crippen LogP contribution in [-0.4, -0.2) is 87.2 Å². The lowest BCUT2D eigenvalue weighted by Crippen LogP contribution is -2.46. The average Bonchev–Trinajstić information content (AvgIpc) is 3.27. The van der Waals surface area contributed by atoms with E-state index in [1.54, 1.807) is 7.11 Å². The molecule has 1 fully saturated rings. The molecule has 30 heavy (non-hydrogen) atoms. The number of carbonyl (C=O) groups excluding carboxylic acids is 1. The molecule has 0 N–H and O–H groups in total. The Morgan fingerprint density at radius 3 is 2.47 bits per heavy atom. The summed E-state index contributed by atoms with van der Waals surface area (Å²) in [4.78, 5) is 21.2. The van der Waals surface area contributed by atoms with Gasteiger partial charge in [-0.15, -0.1) is 11.3 Å². The minimum Gasteiger partial charge on any atom is -0.493 e. The predicted molar refractivity (Wildman–Crippen MR) is 123 cm³/mol. The van der Waals surface area contributed by atoms with Gasteiger partial charge in [0.1, 0.15) is 6.61 Å². The van der Waals surface area contributed by atoms with E-state index in [0.717, 1.165) is 66.9 Å². The first kappa shape index (κ1) is 22.6. The summed E-state index contributed by atoms with van der Waals surface area (Å²) < 4.78 is 11.5. The number of likely N-dealkylation sites (N-methyl/N-ethyl adjacent to an activating group) is 2. The van der Waals surface area contributed by atoms with Crippen LogP contribution in [0.2, 0.25) is 0 Å². The second-order valence-corrected chi connectivity index (χ2v) is 8.58. The molecule has 3 rings (SSSR count). The van der Waals surface area contributed by atoms with Crippen LogP contribution in [0.4, 0.5) is 0 Å². The standard InChI is InChI=1S/C23H33N3O3S/c1-5-25(6-2)15-16-29-19-8-7-18(17-20(19)28-4)21-9-10-22(30-21)23(27)26-13-11-24(3)12-14-26/h7-10,17H,5-6,11-16H2,1-4H3. The van der Waals surface area contributed by atoms with Gasteiger partial charge in [-0.3, -0.25) is 4.79 Å². The van der Waals surface area contributed by atoms with Crippen LogP contribution in [0.5, 0.6) is 11.5 Å². The highest BCUT2D eigenvalue weighted by atomic mass is 32.1. The molecule has 1 amide bonds. The van der Waals surface area contributed by atoms with Crippen molar-refractivity contribution in [3.8, 4) is 21.9 Å². The Morgan fingerprint density at radius 2 is 1.80 bits per heavy atom. The van der Waals surface area contributed by atoms with E-state index in [2.05, 4.69) is 30.7 Å². The number of carbonyl (C=O) groups is 1. The maximum Gasteiger partial charge on any atom is 0.264 e. The molecular weight excluding hydrogens is 398 g/mol. The van der Waals surface area contributed by atoms with E-state index in [0.29, 0.717) is 12.4 Å². The molecule has 7 heteroatoms. The Bertz CT molecular complexity index is 827. The molecule has 0 atom stereocenters. The van der Waals surface area contributed by atoms with Gasteiger partial charge < -0.3 is 24.2 Å². The maximum atomic E-state index is 12.8. The number of amides is 1. The zero-order valence-electron chi connectivity index (χ0n) is 18.5. The maximum absolute atomic E-state index is 12.8. The minimum atomic E-state index is 0.127. The molecule has 6 nitrogen and oxygen atoms in total. The average molecular weight is 432 g/mol. The molecular formula is C23H33N3O3S. The van der Waals surface area contributed by atoms with Gasteiger partial charge in [-0.25, -0.2) is 0 Å². The molecule has 1 aliphatic rings. The number of nitrogens with zero attached hydrogens (tertiary/aromatic N) is 3. The molecule has 0 bridgehead atoms. The second kappa shape index (κ2) is 10.8. The largest absolute Gasteiger partial charge is 0.493 e. The third-order valence-corrected chi connectivity index (χ3v) is 6.74. The van der Waals surface area contributed by atoms with Crippen LogP contribution in [0.25, 0.3) is 10.4 Å². The number of methoxy groups -OCH3 is 1. The van der Waals surface area contributed by atoms with Crippen LogP contribution >= 0.6 is 11.3 Å². The Kier molecular flexibility index (Phi) is 8.13. The topological polar surface area (TPSA) is 45.2 Å². The molecule has 2 aromatic rings. The fourth-order valence-electron chi connectivity index (χ4n) is 3.54. The third kappa shape index (κ3) is 5.53. The number of hydrogen-bond acceptors (Lipinski definition) is 6. The first-order valence-electron chi connectivity index (χ1n) is 10.7. The van der Waals surface area contributed by atoms with Gasteiger partial charge in [-0.1, -0.05) is 13.8 Å². The van der Waals surface area contributed by atoms with Crippen molar-refractivity contribution in [2.24, 2.45) is 0 Å². The Balaban J connectivity index is 1.67. The molecule has 1 aliphatic heterocycles. The predicted octanol–water partition coefficient (Wildman–Crippen LogP) is 3.53. The zero-order chi connectivity index (χ0) is 21.5. The quantitative estimate of drug-likeness (QED) is 0.608. The van der Waals surface area contributed by atoms with Crippen LogP contribution < -0.4 is 9.47 Å². The van der Waals surface area contributed by atoms with E-state index < -0.39 is 0 Å². The molecule has 1 aromatic heterocycles. The van der Waals surface area contributed by atoms with Crippen molar-refractivity contribution in [1.29, 1.82) is 0 Å². The highest BCUT2D eigenvalue weighted by Crippen LogP contribution is 2.35. The van der Waals surface area contributed by atoms with Gasteiger partial charge in [0.05, 0.1) is 12.0 Å². The second-order valence-electron chi connectivity index (χ2n) is 7.50. The number of piperazine rings is 1. The summed E-state index contributed by atoms with van der Waals surface area (Å²) in [6, 6.07) is 9.93. The number of rotatable bonds is 9. The van der Waals surface area contributed by atoms with E-state index in [9.17, 15) is 4.79 Å². The molecule has 2 heterocycles. The van der Waals surface area contributed by atoms with Crippen LogP contribution in [-0.2, 0) is 0 Å². The lowest BCUT2D eigenvalue weighted by Gasteiger charge is -2.32. The lowest BCUT2D eigenvalue weighted by molar-refractivity contribution is 0.0669. The van der Waals surface area contributed by atoms with Crippen molar-refractivity contribution in [3.05, 3.63) is 35.2 Å². The lowest BCUT2D eigenvalue weighted by atomic mass is 10.1. The number of thiophene rings is 1. The van der Waals surface area contributed by atoms with Crippen molar-refractivity contribution in [2.45, 2.75) is 13.8 Å². The summed E-state index contributed by atoms with van der Waals surface area (Å²) in [5.41, 5.74) is 1.03. The molecule has 0 spiro atoms. The summed E-state index contributed by atoms with van der Waals surface area (Å²) in [5, 5.41) is 0. The molecule has 1 aromatic carbocycles. The Labute approximate surface area is 184 Å². The molecule has 0 saturated carbocycles. The fourth-order valence-corrected chi connectivity index (χ4v) is 4.51. The van der Waals surface area contributed by atoms with Crippen molar-refractivity contribution in [2.75, 3.05) is 66.6 Å². The highest BCUT2D eigenvalue weighted by Gasteiger charge is 2.22. The molecule has 0 radical (unpaired) electrons. The number of benzene rings is 1. The summed E-state index contributed by atoms with van der Waals surface area (Å²) >= 11 is 1.53. The van der Waals surface area contributed by atoms with Crippen molar-refractivity contribution in [3.63, 3.8) is 0 Å². The molecule has 0 unspecified atom stereocenters. The van der Waals surface area contributed by atoms with Gasteiger partial charge >= 0.3 is 0 Å². The highest BCUT2D eigenvalue weighted by molar-refractivity contribution is 7.17. The minimum absolute atomic E-state index is 0.127. The van der Waals surface area contributed by atoms with E-state index >= 15 is 0 Å². The van der Waals surface area contributed by atoms with Crippen molar-refractivity contribution < 1.29 is 14.3 Å². The Hall–Kier alpha value is -2.09. The monoisotopic (exact) mass is 431 g/mol. The van der Waals surface area contributed by atoms with E-state index in [1.165, 1.54) is 11.3 Å². The first-order valence-corrected chi connectivity index (χ1v) is 11.5. The van der Waals surface area contributed by atoms with Gasteiger partial charge in [0.2, 0.25) is 0 Å². The van der Waals surface area contributed by atoms with E-state index in [1.807, 2.05) is 35.2 Å². The number of hydrogen-bond donors (Lipinski definition) is 0. The summed E-state index contributed by atoms with van der Waals surface area (Å²) in [6.07, 6.45) is 0. The number of ether oxygens (including phenoxy) is 2. The SMILES string of the molecule is CCN(CC)CCOc1ccc(-c2ccc(C(=O)N3CCN(C)CC3)s2)cc1OC. The van der Waals surface area contributed by atoms with Gasteiger partial charge in [0.15, 0.2) is 11.5 Å². The smallest absolute Gasteiger partial charge is 0.264 e. The summed E-state index contributed by atoms with van der Waals surface area (Å²) in [5.74, 6) is 1.59. The summed E-state index contributed by atoms with van der Waals surface area (Å²) in [6.45, 7) is 11.3. The van der Waals surface area contributed by atoms with Crippen LogP contribution in [0.1, 0.15) is 23.5 Å². The van der Waals surface area contributed by atoms with Gasteiger partial charge in [0.25, 0.3) is 5.91 Å². The van der Waals surface area contributed by atoms with Crippen molar-refractivity contribution >= 4 is 17.2 Å². The molecule has 164 valence electrons. The van der Waals surface area contributed by atoms with Gasteiger partial charge in [-0.05, 0) is 56.0 Å². The Morgan fingerprint density at radius 1 is 1.07 bits per heavy atom. The van der Waals surface area contributed by atoms with Crippen LogP contribution in [0, 0.1) is 0 Å². The van der Waals surface area contributed by atoms with Crippen molar-refractivity contribution in [1.82, 2.24) is 14.7 Å². The summed E-state index contributed by atoms with van der Waals surface area (Å²) in [7, 11) is 3.75.